The second kappa shape index (κ2) is 8.92. The molecule has 35 heavy (non-hydrogen) atoms. The molecule has 0 amide bonds. The Morgan fingerprint density at radius 1 is 1.17 bits per heavy atom. The Bertz CT molecular complexity index is 1170. The van der Waals surface area contributed by atoms with E-state index in [1.807, 2.05) is 46.0 Å². The Labute approximate surface area is 208 Å². The van der Waals surface area contributed by atoms with Crippen molar-refractivity contribution < 1.29 is 15.4 Å². The summed E-state index contributed by atoms with van der Waals surface area (Å²) in [6, 6.07) is 5.37. The van der Waals surface area contributed by atoms with E-state index >= 15 is 0 Å². The Morgan fingerprint density at radius 3 is 2.46 bits per heavy atom. The molecule has 0 radical (unpaired) electrons. The zero-order valence-electron chi connectivity index (χ0n) is 22.5. The van der Waals surface area contributed by atoms with Crippen molar-refractivity contribution in [2.24, 2.45) is 7.05 Å². The largest absolute Gasteiger partial charge is 0.496 e. The molecule has 3 saturated heterocycles. The first kappa shape index (κ1) is 23.0. The lowest BCUT2D eigenvalue weighted by Crippen LogP contribution is -2.59. The number of piperazine rings is 1. The third-order valence-corrected chi connectivity index (χ3v) is 7.68. The molecule has 0 saturated carbocycles. The van der Waals surface area contributed by atoms with E-state index in [1.165, 1.54) is 4.57 Å². The smallest absolute Gasteiger partial charge is 0.399 e. The normalized spacial score (nSPS) is 25.8. The molecule has 0 aliphatic carbocycles. The van der Waals surface area contributed by atoms with Gasteiger partial charge >= 0.3 is 7.12 Å². The predicted molar refractivity (Wildman–Crippen MR) is 138 cm³/mol. The number of pyridine rings is 2. The molecule has 0 aromatic carbocycles. The van der Waals surface area contributed by atoms with E-state index in [0.717, 1.165) is 30.8 Å². The lowest BCUT2D eigenvalue weighted by atomic mass is 9.80. The van der Waals surface area contributed by atoms with Crippen molar-refractivity contribution in [1.82, 2.24) is 14.5 Å². The Balaban J connectivity index is 1.29. The van der Waals surface area contributed by atoms with Crippen LogP contribution in [-0.2, 0) is 21.1 Å². The summed E-state index contributed by atoms with van der Waals surface area (Å²) in [5.41, 5.74) is 1.12. The van der Waals surface area contributed by atoms with Crippen LogP contribution in [0.1, 0.15) is 36.0 Å². The van der Waals surface area contributed by atoms with Gasteiger partial charge in [-0.3, -0.25) is 9.69 Å². The molecule has 1 atom stereocenters. The van der Waals surface area contributed by atoms with Gasteiger partial charge < -0.3 is 28.8 Å². The van der Waals surface area contributed by atoms with Gasteiger partial charge in [0.1, 0.15) is 11.5 Å². The standard InChI is InChI=1S/C25H36BN5O4/c1-17-13-30(20-15-33-16-20)9-10-31(17)19-7-8-22(27-12-19)28-21-11-18(14-29(6)23(21)32)26-34-24(2,3)25(4,5)35-26/h7-8,11-12,14,17,20H,9-10,13,15-16H2,1-6H3,(H,27,28)/t17-/m0/s1/i20D. The molecule has 2 aromatic heterocycles. The lowest BCUT2D eigenvalue weighted by Gasteiger charge is -2.46. The average molecular weight is 482 g/mol. The number of ether oxygens (including phenoxy) is 1. The first-order valence-electron chi connectivity index (χ1n) is 12.8. The van der Waals surface area contributed by atoms with Gasteiger partial charge in [0.05, 0.1) is 43.7 Å². The zero-order chi connectivity index (χ0) is 25.9. The van der Waals surface area contributed by atoms with Crippen LogP contribution in [0.15, 0.2) is 35.4 Å². The third-order valence-electron chi connectivity index (χ3n) is 7.68. The Kier molecular flexibility index (Phi) is 5.87. The van der Waals surface area contributed by atoms with Gasteiger partial charge in [-0.25, -0.2) is 4.98 Å². The summed E-state index contributed by atoms with van der Waals surface area (Å²) < 4.78 is 27.7. The predicted octanol–water partition coefficient (Wildman–Crippen LogP) is 1.73. The fourth-order valence-corrected chi connectivity index (χ4v) is 4.71. The summed E-state index contributed by atoms with van der Waals surface area (Å²) in [6.45, 7) is 13.6. The summed E-state index contributed by atoms with van der Waals surface area (Å²) in [7, 11) is 1.16. The molecule has 2 aromatic rings. The molecular formula is C25H36BN5O4. The first-order chi connectivity index (χ1) is 16.9. The number of hydrogen-bond acceptors (Lipinski definition) is 8. The zero-order valence-corrected chi connectivity index (χ0v) is 21.5. The molecule has 9 nitrogen and oxygen atoms in total. The van der Waals surface area contributed by atoms with Crippen molar-refractivity contribution in [3.63, 3.8) is 0 Å². The van der Waals surface area contributed by atoms with Crippen LogP contribution in [-0.4, -0.2) is 77.7 Å². The van der Waals surface area contributed by atoms with Crippen LogP contribution in [0, 0.1) is 0 Å². The van der Waals surface area contributed by atoms with Gasteiger partial charge in [0, 0.05) is 44.4 Å². The minimum Gasteiger partial charge on any atom is -0.399 e. The lowest BCUT2D eigenvalue weighted by molar-refractivity contribution is -0.0691. The number of rotatable bonds is 5. The maximum Gasteiger partial charge on any atom is 0.496 e. The highest BCUT2D eigenvalue weighted by molar-refractivity contribution is 6.62. The molecule has 0 spiro atoms. The van der Waals surface area contributed by atoms with E-state index in [1.54, 1.807) is 19.3 Å². The molecule has 1 N–H and O–H groups in total. The highest BCUT2D eigenvalue weighted by atomic mass is 16.7. The van der Waals surface area contributed by atoms with E-state index in [2.05, 4.69) is 27.0 Å². The average Bonchev–Trinajstić information content (AvgIpc) is 3.02. The SMILES string of the molecule is [2H]C1(N2CCN(c3ccc(Nc4cc(B5OC(C)(C)C(C)(C)O5)cn(C)c4=O)nc3)[C@@H](C)C2)COC1. The number of anilines is 3. The van der Waals surface area contributed by atoms with Gasteiger partial charge in [0.2, 0.25) is 0 Å². The van der Waals surface area contributed by atoms with Crippen molar-refractivity contribution in [1.29, 1.82) is 0 Å². The molecule has 0 unspecified atom stereocenters. The van der Waals surface area contributed by atoms with Crippen molar-refractivity contribution in [3.8, 4) is 0 Å². The van der Waals surface area contributed by atoms with E-state index in [9.17, 15) is 4.79 Å². The number of aryl methyl sites for hydroxylation is 1. The minimum absolute atomic E-state index is 0.157. The summed E-state index contributed by atoms with van der Waals surface area (Å²) in [4.78, 5) is 22.0. The number of aromatic nitrogens is 2. The van der Waals surface area contributed by atoms with E-state index in [4.69, 9.17) is 15.4 Å². The van der Waals surface area contributed by atoms with Crippen molar-refractivity contribution >= 4 is 29.8 Å². The van der Waals surface area contributed by atoms with Gasteiger partial charge in [-0.15, -0.1) is 0 Å². The fraction of sp³-hybridized carbons (Fsp3) is 0.600. The van der Waals surface area contributed by atoms with Crippen LogP contribution in [0.25, 0.3) is 0 Å². The quantitative estimate of drug-likeness (QED) is 0.646. The van der Waals surface area contributed by atoms with Crippen LogP contribution < -0.4 is 21.2 Å². The highest BCUT2D eigenvalue weighted by Gasteiger charge is 2.52. The van der Waals surface area contributed by atoms with Crippen LogP contribution in [0.4, 0.5) is 17.2 Å². The monoisotopic (exact) mass is 482 g/mol. The number of nitrogens with one attached hydrogen (secondary N) is 1. The summed E-state index contributed by atoms with van der Waals surface area (Å²) >= 11 is 0. The van der Waals surface area contributed by atoms with E-state index in [0.29, 0.717) is 24.7 Å². The van der Waals surface area contributed by atoms with Crippen molar-refractivity contribution in [3.05, 3.63) is 40.9 Å². The molecule has 3 aliphatic rings. The molecule has 3 fully saturated rings. The summed E-state index contributed by atoms with van der Waals surface area (Å²) in [6.07, 6.45) is 3.59. The Morgan fingerprint density at radius 2 is 1.89 bits per heavy atom. The molecule has 3 aliphatic heterocycles. The van der Waals surface area contributed by atoms with Gasteiger partial charge in [-0.2, -0.15) is 0 Å². The third kappa shape index (κ3) is 4.60. The topological polar surface area (TPSA) is 81.1 Å². The van der Waals surface area contributed by atoms with E-state index in [-0.39, 0.29) is 11.6 Å². The highest BCUT2D eigenvalue weighted by Crippen LogP contribution is 2.36. The minimum atomic E-state index is -0.576. The van der Waals surface area contributed by atoms with Crippen LogP contribution in [0.3, 0.4) is 0 Å². The summed E-state index contributed by atoms with van der Waals surface area (Å²) in [5, 5.41) is 3.18. The first-order valence-corrected chi connectivity index (χ1v) is 12.3. The van der Waals surface area contributed by atoms with Gasteiger partial charge in [0.15, 0.2) is 0 Å². The Hall–Kier alpha value is -2.40. The van der Waals surface area contributed by atoms with E-state index < -0.39 is 24.3 Å². The maximum atomic E-state index is 12.8. The van der Waals surface area contributed by atoms with Gasteiger partial charge in [-0.05, 0) is 52.8 Å². The second-order valence-corrected chi connectivity index (χ2v) is 10.8. The second-order valence-electron chi connectivity index (χ2n) is 10.8. The van der Waals surface area contributed by atoms with Crippen LogP contribution in [0.2, 0.25) is 0 Å². The van der Waals surface area contributed by atoms with Gasteiger partial charge in [0.25, 0.3) is 5.56 Å². The van der Waals surface area contributed by atoms with Gasteiger partial charge in [-0.1, -0.05) is 0 Å². The molecule has 188 valence electrons. The maximum absolute atomic E-state index is 12.8. The molecule has 0 bridgehead atoms. The molecule has 10 heteroatoms. The number of nitrogens with zero attached hydrogens (tertiary/aromatic N) is 4. The molecule has 5 rings (SSSR count). The van der Waals surface area contributed by atoms with Crippen LogP contribution in [0.5, 0.6) is 0 Å². The van der Waals surface area contributed by atoms with Crippen LogP contribution >= 0.6 is 0 Å². The fourth-order valence-electron chi connectivity index (χ4n) is 4.71. The summed E-state index contributed by atoms with van der Waals surface area (Å²) in [5.74, 6) is 0.588. The molecule has 5 heterocycles. The molecular weight excluding hydrogens is 445 g/mol. The number of hydrogen-bond donors (Lipinski definition) is 1. The van der Waals surface area contributed by atoms with Crippen molar-refractivity contribution in [2.45, 2.75) is 57.9 Å². The van der Waals surface area contributed by atoms with Crippen molar-refractivity contribution in [2.75, 3.05) is 43.1 Å².